The van der Waals surface area contributed by atoms with E-state index in [1.807, 2.05) is 17.3 Å². The number of hydrogen-bond acceptors (Lipinski definition) is 7. The van der Waals surface area contributed by atoms with Crippen molar-refractivity contribution in [3.8, 4) is 0 Å². The van der Waals surface area contributed by atoms with Crippen LogP contribution in [-0.2, 0) is 12.7 Å². The Morgan fingerprint density at radius 2 is 1.83 bits per heavy atom. The molecule has 0 spiro atoms. The predicted octanol–water partition coefficient (Wildman–Crippen LogP) is 4.07. The molecule has 1 aromatic carbocycles. The van der Waals surface area contributed by atoms with Crippen molar-refractivity contribution >= 4 is 28.9 Å². The lowest BCUT2D eigenvalue weighted by atomic mass is 10.2. The average Bonchev–Trinajstić information content (AvgIpc) is 3.13. The first-order chi connectivity index (χ1) is 13.9. The van der Waals surface area contributed by atoms with Gasteiger partial charge < -0.3 is 9.32 Å². The Morgan fingerprint density at radius 3 is 2.48 bits per heavy atom. The van der Waals surface area contributed by atoms with Gasteiger partial charge in [0.1, 0.15) is 5.52 Å². The zero-order valence-electron chi connectivity index (χ0n) is 15.8. The Kier molecular flexibility index (Phi) is 5.64. The van der Waals surface area contributed by atoms with E-state index in [0.29, 0.717) is 24.6 Å². The number of rotatable bonds is 5. The molecule has 0 atom stereocenters. The van der Waals surface area contributed by atoms with Crippen LogP contribution in [0.3, 0.4) is 0 Å². The van der Waals surface area contributed by atoms with Crippen molar-refractivity contribution in [3.63, 3.8) is 0 Å². The lowest BCUT2D eigenvalue weighted by Crippen LogP contribution is -2.46. The van der Waals surface area contributed by atoms with Gasteiger partial charge in [-0.3, -0.25) is 4.90 Å². The summed E-state index contributed by atoms with van der Waals surface area (Å²) in [6, 6.07) is 3.74. The van der Waals surface area contributed by atoms with Crippen molar-refractivity contribution in [2.45, 2.75) is 24.8 Å². The van der Waals surface area contributed by atoms with Gasteiger partial charge in [0.15, 0.2) is 10.7 Å². The van der Waals surface area contributed by atoms with Gasteiger partial charge >= 0.3 is 6.18 Å². The van der Waals surface area contributed by atoms with E-state index in [1.54, 1.807) is 11.8 Å². The van der Waals surface area contributed by atoms with Gasteiger partial charge in [-0.25, -0.2) is 9.97 Å². The number of anilines is 1. The summed E-state index contributed by atoms with van der Waals surface area (Å²) in [5, 5.41) is 0.783. The molecule has 1 saturated heterocycles. The predicted molar refractivity (Wildman–Crippen MR) is 105 cm³/mol. The minimum absolute atomic E-state index is 0.152. The fourth-order valence-corrected chi connectivity index (χ4v) is 3.72. The van der Waals surface area contributed by atoms with Gasteiger partial charge in [-0.1, -0.05) is 18.7 Å². The highest BCUT2D eigenvalue weighted by Crippen LogP contribution is 2.32. The highest BCUT2D eigenvalue weighted by atomic mass is 32.2. The van der Waals surface area contributed by atoms with Crippen LogP contribution in [0.15, 0.2) is 40.2 Å². The third kappa shape index (κ3) is 4.64. The summed E-state index contributed by atoms with van der Waals surface area (Å²) in [6.45, 7) is 5.77. The van der Waals surface area contributed by atoms with Gasteiger partial charge in [0.2, 0.25) is 0 Å². The van der Waals surface area contributed by atoms with E-state index in [9.17, 15) is 13.2 Å². The first-order valence-corrected chi connectivity index (χ1v) is 10.3. The molecule has 0 saturated carbocycles. The molecular formula is C19H20F3N5OS. The average molecular weight is 423 g/mol. The first-order valence-electron chi connectivity index (χ1n) is 9.31. The second-order valence-corrected chi connectivity index (χ2v) is 7.98. The second kappa shape index (κ2) is 8.19. The quantitative estimate of drug-likeness (QED) is 0.453. The Balaban J connectivity index is 1.37. The SMILES string of the molecule is CCSc1ncc(CN2CCN(c3nc4ccc(C(F)(F)F)cc4o3)CC2)cn1. The lowest BCUT2D eigenvalue weighted by molar-refractivity contribution is -0.137. The van der Waals surface area contributed by atoms with Gasteiger partial charge in [-0.05, 0) is 24.0 Å². The molecule has 0 unspecified atom stereocenters. The lowest BCUT2D eigenvalue weighted by Gasteiger charge is -2.33. The Bertz CT molecular complexity index is 968. The Hall–Kier alpha value is -2.33. The summed E-state index contributed by atoms with van der Waals surface area (Å²) in [6.07, 6.45) is -0.684. The highest BCUT2D eigenvalue weighted by molar-refractivity contribution is 7.99. The Morgan fingerprint density at radius 1 is 1.10 bits per heavy atom. The van der Waals surface area contributed by atoms with Crippen LogP contribution in [0.2, 0.25) is 0 Å². The molecule has 3 heterocycles. The minimum atomic E-state index is -4.40. The summed E-state index contributed by atoms with van der Waals surface area (Å²) in [5.41, 5.74) is 0.903. The van der Waals surface area contributed by atoms with Crippen LogP contribution in [0.25, 0.3) is 11.1 Å². The topological polar surface area (TPSA) is 58.3 Å². The molecule has 1 aliphatic heterocycles. The molecule has 154 valence electrons. The molecule has 1 aliphatic rings. The maximum Gasteiger partial charge on any atom is 0.416 e. The van der Waals surface area contributed by atoms with Gasteiger partial charge in [0.05, 0.1) is 5.56 Å². The fraction of sp³-hybridized carbons (Fsp3) is 0.421. The first kappa shape index (κ1) is 20.0. The van der Waals surface area contributed by atoms with Gasteiger partial charge in [0, 0.05) is 50.7 Å². The summed E-state index contributed by atoms with van der Waals surface area (Å²) < 4.78 is 44.2. The van der Waals surface area contributed by atoms with Crippen LogP contribution < -0.4 is 4.90 Å². The normalized spacial score (nSPS) is 15.9. The smallest absolute Gasteiger partial charge is 0.416 e. The number of fused-ring (bicyclic) bond motifs is 1. The molecule has 0 radical (unpaired) electrons. The highest BCUT2D eigenvalue weighted by Gasteiger charge is 2.31. The van der Waals surface area contributed by atoms with E-state index in [1.165, 1.54) is 6.07 Å². The molecule has 2 aromatic heterocycles. The zero-order valence-corrected chi connectivity index (χ0v) is 16.6. The number of nitrogens with zero attached hydrogens (tertiary/aromatic N) is 5. The number of thioether (sulfide) groups is 1. The van der Waals surface area contributed by atoms with Gasteiger partial charge in [0.25, 0.3) is 6.01 Å². The van der Waals surface area contributed by atoms with Crippen LogP contribution in [0.5, 0.6) is 0 Å². The molecular weight excluding hydrogens is 403 g/mol. The van der Waals surface area contributed by atoms with Crippen LogP contribution in [0, 0.1) is 0 Å². The van der Waals surface area contributed by atoms with Crippen LogP contribution in [0.1, 0.15) is 18.1 Å². The van der Waals surface area contributed by atoms with Gasteiger partial charge in [-0.15, -0.1) is 0 Å². The van der Waals surface area contributed by atoms with E-state index >= 15 is 0 Å². The van der Waals surface area contributed by atoms with Crippen LogP contribution >= 0.6 is 11.8 Å². The third-order valence-electron chi connectivity index (χ3n) is 4.71. The monoisotopic (exact) mass is 423 g/mol. The molecule has 0 aliphatic carbocycles. The molecule has 10 heteroatoms. The van der Waals surface area contributed by atoms with E-state index in [4.69, 9.17) is 4.42 Å². The fourth-order valence-electron chi connectivity index (χ4n) is 3.21. The zero-order chi connectivity index (χ0) is 20.4. The van der Waals surface area contributed by atoms with Crippen molar-refractivity contribution < 1.29 is 17.6 Å². The van der Waals surface area contributed by atoms with Crippen molar-refractivity contribution in [2.24, 2.45) is 0 Å². The second-order valence-electron chi connectivity index (χ2n) is 6.75. The standard InChI is InChI=1S/C19H20F3N5OS/c1-2-29-17-23-10-13(11-24-17)12-26-5-7-27(8-6-26)18-25-15-4-3-14(19(20,21)22)9-16(15)28-18/h3-4,9-11H,2,5-8,12H2,1H3. The minimum Gasteiger partial charge on any atom is -0.423 e. The molecule has 6 nitrogen and oxygen atoms in total. The van der Waals surface area contributed by atoms with E-state index in [0.717, 1.165) is 48.2 Å². The number of alkyl halides is 3. The third-order valence-corrected chi connectivity index (χ3v) is 5.47. The molecule has 3 aromatic rings. The van der Waals surface area contributed by atoms with E-state index in [2.05, 4.69) is 26.8 Å². The summed E-state index contributed by atoms with van der Waals surface area (Å²) >= 11 is 1.61. The number of benzene rings is 1. The largest absolute Gasteiger partial charge is 0.423 e. The van der Waals surface area contributed by atoms with Crippen molar-refractivity contribution in [2.75, 3.05) is 36.8 Å². The summed E-state index contributed by atoms with van der Waals surface area (Å²) in [4.78, 5) is 17.3. The van der Waals surface area contributed by atoms with E-state index < -0.39 is 11.7 Å². The number of hydrogen-bond donors (Lipinski definition) is 0. The number of aromatic nitrogens is 3. The molecule has 0 amide bonds. The Labute approximate surface area is 170 Å². The summed E-state index contributed by atoms with van der Waals surface area (Å²) in [5.74, 6) is 0.939. The number of oxazole rings is 1. The molecule has 4 rings (SSSR count). The molecule has 0 N–H and O–H groups in total. The van der Waals surface area contributed by atoms with E-state index in [-0.39, 0.29) is 5.58 Å². The molecule has 0 bridgehead atoms. The van der Waals surface area contributed by atoms with Crippen LogP contribution in [0.4, 0.5) is 19.2 Å². The van der Waals surface area contributed by atoms with Crippen molar-refractivity contribution in [1.82, 2.24) is 19.9 Å². The van der Waals surface area contributed by atoms with Crippen molar-refractivity contribution in [3.05, 3.63) is 41.7 Å². The maximum atomic E-state index is 12.9. The number of piperazine rings is 1. The number of halogens is 3. The maximum absolute atomic E-state index is 12.9. The molecule has 29 heavy (non-hydrogen) atoms. The van der Waals surface area contributed by atoms with Crippen LogP contribution in [-0.4, -0.2) is 51.8 Å². The van der Waals surface area contributed by atoms with Crippen molar-refractivity contribution in [1.29, 1.82) is 0 Å². The molecule has 1 fully saturated rings. The summed E-state index contributed by atoms with van der Waals surface area (Å²) in [7, 11) is 0. The van der Waals surface area contributed by atoms with Gasteiger partial charge in [-0.2, -0.15) is 18.2 Å².